The first-order chi connectivity index (χ1) is 14.9. The van der Waals surface area contributed by atoms with Crippen LogP contribution in [0.2, 0.25) is 0 Å². The highest BCUT2D eigenvalue weighted by molar-refractivity contribution is 6.00. The lowest BCUT2D eigenvalue weighted by Crippen LogP contribution is -2.47. The van der Waals surface area contributed by atoms with Crippen LogP contribution in [0.5, 0.6) is 0 Å². The Labute approximate surface area is 180 Å². The van der Waals surface area contributed by atoms with Crippen LogP contribution in [0.1, 0.15) is 36.2 Å². The fourth-order valence-electron chi connectivity index (χ4n) is 3.38. The minimum atomic E-state index is -1.13. The quantitative estimate of drug-likeness (QED) is 0.546. The second kappa shape index (κ2) is 9.88. The number of hydrazine groups is 1. The largest absolute Gasteiger partial charge is 0.452 e. The van der Waals surface area contributed by atoms with Gasteiger partial charge in [0, 0.05) is 24.2 Å². The summed E-state index contributed by atoms with van der Waals surface area (Å²) in [6.07, 6.45) is -0.340. The number of nitrogens with zero attached hydrogens (tertiary/aromatic N) is 1. The number of anilines is 1. The van der Waals surface area contributed by atoms with Gasteiger partial charge in [0.15, 0.2) is 6.10 Å². The van der Waals surface area contributed by atoms with Gasteiger partial charge in [-0.05, 0) is 37.1 Å². The fourth-order valence-corrected chi connectivity index (χ4v) is 3.38. The summed E-state index contributed by atoms with van der Waals surface area (Å²) in [5.74, 6) is -2.60. The Hall–Kier alpha value is -3.68. The van der Waals surface area contributed by atoms with E-state index in [1.54, 1.807) is 35.2 Å². The molecule has 1 heterocycles. The Morgan fingerprint density at radius 1 is 1.06 bits per heavy atom. The van der Waals surface area contributed by atoms with E-state index in [-0.39, 0.29) is 18.9 Å². The number of esters is 1. The number of para-hydroxylation sites is 1. The molecule has 8 nitrogen and oxygen atoms in total. The highest BCUT2D eigenvalue weighted by Crippen LogP contribution is 2.29. The summed E-state index contributed by atoms with van der Waals surface area (Å²) in [6, 6.07) is 15.9. The van der Waals surface area contributed by atoms with Gasteiger partial charge in [0.05, 0.1) is 5.92 Å². The molecule has 162 valence electrons. The summed E-state index contributed by atoms with van der Waals surface area (Å²) >= 11 is 0. The molecule has 0 spiro atoms. The summed E-state index contributed by atoms with van der Waals surface area (Å²) in [5, 5.41) is 0. The van der Waals surface area contributed by atoms with Gasteiger partial charge >= 0.3 is 5.97 Å². The molecule has 3 amide bonds. The third-order valence-electron chi connectivity index (χ3n) is 5.12. The number of ether oxygens (including phenoxy) is 1. The summed E-state index contributed by atoms with van der Waals surface area (Å²) in [4.78, 5) is 50.8. The highest BCUT2D eigenvalue weighted by atomic mass is 16.5. The lowest BCUT2D eigenvalue weighted by atomic mass is 10.1. The molecular weight excluding hydrogens is 398 g/mol. The lowest BCUT2D eigenvalue weighted by Gasteiger charge is -2.20. The van der Waals surface area contributed by atoms with E-state index in [1.165, 1.54) is 6.92 Å². The summed E-state index contributed by atoms with van der Waals surface area (Å²) < 4.78 is 5.24. The number of benzene rings is 2. The van der Waals surface area contributed by atoms with E-state index >= 15 is 0 Å². The number of hydrogen-bond acceptors (Lipinski definition) is 5. The third kappa shape index (κ3) is 5.28. The van der Waals surface area contributed by atoms with Gasteiger partial charge in [-0.2, -0.15) is 0 Å². The molecule has 2 aromatic carbocycles. The molecule has 0 radical (unpaired) electrons. The molecular formula is C23H25N3O5. The van der Waals surface area contributed by atoms with Crippen LogP contribution in [0.15, 0.2) is 54.6 Å². The maximum absolute atomic E-state index is 12.5. The molecule has 31 heavy (non-hydrogen) atoms. The van der Waals surface area contributed by atoms with Crippen LogP contribution in [0, 0.1) is 5.92 Å². The fraction of sp³-hybridized carbons (Fsp3) is 0.304. The number of carbonyl (C=O) groups is 4. The van der Waals surface area contributed by atoms with Crippen LogP contribution in [0.25, 0.3) is 0 Å². The van der Waals surface area contributed by atoms with E-state index in [0.717, 1.165) is 17.7 Å². The molecule has 2 aromatic rings. The average Bonchev–Trinajstić information content (AvgIpc) is 3.19. The van der Waals surface area contributed by atoms with E-state index in [4.69, 9.17) is 4.74 Å². The lowest BCUT2D eigenvalue weighted by molar-refractivity contribution is -0.158. The zero-order chi connectivity index (χ0) is 22.4. The predicted octanol–water partition coefficient (Wildman–Crippen LogP) is 1.99. The van der Waals surface area contributed by atoms with Crippen LogP contribution in [0.4, 0.5) is 5.69 Å². The minimum Gasteiger partial charge on any atom is -0.452 e. The van der Waals surface area contributed by atoms with Crippen LogP contribution >= 0.6 is 0 Å². The average molecular weight is 423 g/mol. The molecule has 0 saturated carbocycles. The Morgan fingerprint density at radius 2 is 1.74 bits per heavy atom. The molecule has 2 N–H and O–H groups in total. The highest BCUT2D eigenvalue weighted by Gasteiger charge is 2.37. The second-order valence-corrected chi connectivity index (χ2v) is 7.28. The second-order valence-electron chi connectivity index (χ2n) is 7.28. The number of nitrogens with one attached hydrogen (secondary N) is 2. The Morgan fingerprint density at radius 3 is 2.45 bits per heavy atom. The first kappa shape index (κ1) is 22.0. The smallest absolute Gasteiger partial charge is 0.312 e. The van der Waals surface area contributed by atoms with Crippen molar-refractivity contribution in [2.24, 2.45) is 5.92 Å². The van der Waals surface area contributed by atoms with E-state index in [2.05, 4.69) is 10.9 Å². The van der Waals surface area contributed by atoms with E-state index in [1.807, 2.05) is 31.2 Å². The molecule has 1 saturated heterocycles. The van der Waals surface area contributed by atoms with Gasteiger partial charge in [-0.1, -0.05) is 43.3 Å². The van der Waals surface area contributed by atoms with Crippen molar-refractivity contribution in [3.63, 3.8) is 0 Å². The molecule has 1 fully saturated rings. The molecule has 2 atom stereocenters. The van der Waals surface area contributed by atoms with Crippen molar-refractivity contribution in [1.82, 2.24) is 10.9 Å². The van der Waals surface area contributed by atoms with E-state index in [0.29, 0.717) is 5.56 Å². The molecule has 1 aliphatic heterocycles. The standard InChI is InChI=1S/C23H25N3O5/c1-3-16-9-7-8-12-19(16)26-14-18(13-20(26)27)23(30)31-15(2)21(28)24-25-22(29)17-10-5-4-6-11-17/h4-12,15,18H,3,13-14H2,1-2H3,(H,24,28)(H,25,29)/t15-,18-/m0/s1. The van der Waals surface area contributed by atoms with Crippen LogP contribution in [0.3, 0.4) is 0 Å². The SMILES string of the molecule is CCc1ccccc1N1C[C@@H](C(=O)O[C@@H](C)C(=O)NNC(=O)c2ccccc2)CC1=O. The normalized spacial score (nSPS) is 16.5. The number of hydrogen-bond donors (Lipinski definition) is 2. The topological polar surface area (TPSA) is 105 Å². The van der Waals surface area contributed by atoms with Gasteiger partial charge in [-0.15, -0.1) is 0 Å². The van der Waals surface area contributed by atoms with Crippen molar-refractivity contribution >= 4 is 29.4 Å². The Balaban J connectivity index is 1.53. The summed E-state index contributed by atoms with van der Waals surface area (Å²) in [5.41, 5.74) is 6.71. The summed E-state index contributed by atoms with van der Waals surface area (Å²) in [6.45, 7) is 3.61. The first-order valence-electron chi connectivity index (χ1n) is 10.1. The van der Waals surface area contributed by atoms with Gasteiger partial charge in [-0.3, -0.25) is 30.0 Å². The van der Waals surface area contributed by atoms with Crippen molar-refractivity contribution in [1.29, 1.82) is 0 Å². The number of aryl methyl sites for hydroxylation is 1. The van der Waals surface area contributed by atoms with Crippen LogP contribution < -0.4 is 15.8 Å². The molecule has 0 aromatic heterocycles. The van der Waals surface area contributed by atoms with Crippen molar-refractivity contribution in [2.45, 2.75) is 32.8 Å². The van der Waals surface area contributed by atoms with Gasteiger partial charge in [0.1, 0.15) is 0 Å². The van der Waals surface area contributed by atoms with Gasteiger partial charge in [-0.25, -0.2) is 0 Å². The van der Waals surface area contributed by atoms with E-state index < -0.39 is 29.8 Å². The van der Waals surface area contributed by atoms with Gasteiger partial charge in [0.2, 0.25) is 5.91 Å². The molecule has 8 heteroatoms. The Bertz CT molecular complexity index is 976. The number of amides is 3. The monoisotopic (exact) mass is 423 g/mol. The Kier molecular flexibility index (Phi) is 7.02. The van der Waals surface area contributed by atoms with Crippen molar-refractivity contribution < 1.29 is 23.9 Å². The first-order valence-corrected chi connectivity index (χ1v) is 10.1. The van der Waals surface area contributed by atoms with Gasteiger partial charge in [0.25, 0.3) is 11.8 Å². The van der Waals surface area contributed by atoms with Crippen LogP contribution in [-0.4, -0.2) is 36.3 Å². The zero-order valence-corrected chi connectivity index (χ0v) is 17.5. The maximum Gasteiger partial charge on any atom is 0.312 e. The summed E-state index contributed by atoms with van der Waals surface area (Å²) in [7, 11) is 0. The minimum absolute atomic E-state index is 0.0238. The maximum atomic E-state index is 12.5. The third-order valence-corrected chi connectivity index (χ3v) is 5.12. The van der Waals surface area contributed by atoms with E-state index in [9.17, 15) is 19.2 Å². The van der Waals surface area contributed by atoms with Crippen molar-refractivity contribution in [3.8, 4) is 0 Å². The molecule has 0 unspecified atom stereocenters. The van der Waals surface area contributed by atoms with Crippen molar-refractivity contribution in [3.05, 3.63) is 65.7 Å². The zero-order valence-electron chi connectivity index (χ0n) is 17.5. The van der Waals surface area contributed by atoms with Gasteiger partial charge < -0.3 is 9.64 Å². The predicted molar refractivity (Wildman–Crippen MR) is 114 cm³/mol. The number of carbonyl (C=O) groups excluding carboxylic acids is 4. The van der Waals surface area contributed by atoms with Crippen LogP contribution in [-0.2, 0) is 25.5 Å². The molecule has 0 aliphatic carbocycles. The van der Waals surface area contributed by atoms with Crippen molar-refractivity contribution in [2.75, 3.05) is 11.4 Å². The molecule has 1 aliphatic rings. The molecule has 3 rings (SSSR count). The number of rotatable bonds is 6. The molecule has 0 bridgehead atoms.